The van der Waals surface area contributed by atoms with Crippen molar-refractivity contribution in [3.8, 4) is 11.4 Å². The molecule has 0 spiro atoms. The van der Waals surface area contributed by atoms with Crippen molar-refractivity contribution in [3.05, 3.63) is 60.5 Å². The summed E-state index contributed by atoms with van der Waals surface area (Å²) < 4.78 is 46.6. The maximum absolute atomic E-state index is 13.2. The molecule has 150 valence electrons. The molecule has 3 aromatic rings. The van der Waals surface area contributed by atoms with Crippen LogP contribution in [-0.2, 0) is 10.0 Å². The van der Waals surface area contributed by atoms with Crippen LogP contribution < -0.4 is 0 Å². The summed E-state index contributed by atoms with van der Waals surface area (Å²) >= 11 is 0. The van der Waals surface area contributed by atoms with Crippen LogP contribution in [0.15, 0.2) is 58.2 Å². The van der Waals surface area contributed by atoms with E-state index in [1.54, 1.807) is 16.7 Å². The van der Waals surface area contributed by atoms with E-state index in [1.165, 1.54) is 24.3 Å². The molecule has 7 nitrogen and oxygen atoms in total. The summed E-state index contributed by atoms with van der Waals surface area (Å²) in [6.07, 6.45) is 6.21. The van der Waals surface area contributed by atoms with Gasteiger partial charge in [-0.1, -0.05) is 5.16 Å². The van der Waals surface area contributed by atoms with Crippen molar-refractivity contribution >= 4 is 10.0 Å². The van der Waals surface area contributed by atoms with Crippen LogP contribution in [0.25, 0.3) is 11.4 Å². The van der Waals surface area contributed by atoms with Crippen LogP contribution in [0.5, 0.6) is 0 Å². The zero-order chi connectivity index (χ0) is 20.0. The number of pyridine rings is 1. The lowest BCUT2D eigenvalue weighted by Crippen LogP contribution is -2.45. The number of halogens is 1. The smallest absolute Gasteiger partial charge is 0.243 e. The second-order valence-electron chi connectivity index (χ2n) is 7.54. The van der Waals surface area contributed by atoms with Gasteiger partial charge in [0.15, 0.2) is 0 Å². The zero-order valence-electron chi connectivity index (χ0n) is 15.5. The predicted molar refractivity (Wildman–Crippen MR) is 102 cm³/mol. The number of hydrogen-bond donors (Lipinski definition) is 0. The van der Waals surface area contributed by atoms with Crippen molar-refractivity contribution in [2.24, 2.45) is 0 Å². The predicted octanol–water partition coefficient (Wildman–Crippen LogP) is 3.37. The van der Waals surface area contributed by atoms with E-state index in [0.29, 0.717) is 24.6 Å². The zero-order valence-corrected chi connectivity index (χ0v) is 16.3. The Morgan fingerprint density at radius 3 is 2.45 bits per heavy atom. The van der Waals surface area contributed by atoms with E-state index in [9.17, 15) is 12.8 Å². The van der Waals surface area contributed by atoms with Gasteiger partial charge in [0.05, 0.1) is 4.90 Å². The lowest BCUT2D eigenvalue weighted by Gasteiger charge is -2.36. The minimum absolute atomic E-state index is 0.0186. The molecular weight excluding hydrogens is 395 g/mol. The average Bonchev–Trinajstić information content (AvgIpc) is 3.33. The van der Waals surface area contributed by atoms with Crippen molar-refractivity contribution in [1.29, 1.82) is 0 Å². The molecule has 0 amide bonds. The first-order valence-corrected chi connectivity index (χ1v) is 11.0. The van der Waals surface area contributed by atoms with Crippen LogP contribution >= 0.6 is 0 Å². The number of rotatable bonds is 4. The fourth-order valence-electron chi connectivity index (χ4n) is 4.47. The van der Waals surface area contributed by atoms with Crippen LogP contribution in [-0.4, -0.2) is 39.9 Å². The number of hydrogen-bond acceptors (Lipinski definition) is 6. The Hall–Kier alpha value is -2.65. The van der Waals surface area contributed by atoms with Crippen LogP contribution in [0.2, 0.25) is 0 Å². The highest BCUT2D eigenvalue weighted by atomic mass is 32.2. The quantitative estimate of drug-likeness (QED) is 0.650. The normalized spacial score (nSPS) is 24.7. The van der Waals surface area contributed by atoms with Gasteiger partial charge in [-0.15, -0.1) is 0 Å². The van der Waals surface area contributed by atoms with Gasteiger partial charge >= 0.3 is 0 Å². The standard InChI is InChI=1S/C20H19FN4O3S/c21-15-3-7-18(8-4-15)29(26,27)25-16-5-6-17(25)11-14(10-16)20-23-19(24-28-20)13-2-1-9-22-12-13/h1-4,7-9,12,14,16-17H,5-6,10-11H2/t14?,16-,17+. The molecule has 2 aliphatic rings. The van der Waals surface area contributed by atoms with E-state index >= 15 is 0 Å². The number of fused-ring (bicyclic) bond motifs is 2. The maximum atomic E-state index is 13.2. The molecule has 0 radical (unpaired) electrons. The highest BCUT2D eigenvalue weighted by molar-refractivity contribution is 7.89. The SMILES string of the molecule is O=S(=O)(c1ccc(F)cc1)N1[C@@H]2CC[C@H]1CC(c1nc(-c3cccnc3)no1)C2. The minimum Gasteiger partial charge on any atom is -0.339 e. The van der Waals surface area contributed by atoms with Gasteiger partial charge < -0.3 is 4.52 Å². The van der Waals surface area contributed by atoms with Crippen molar-refractivity contribution in [1.82, 2.24) is 19.4 Å². The molecule has 2 bridgehead atoms. The highest BCUT2D eigenvalue weighted by Gasteiger charge is 2.48. The molecule has 0 aliphatic carbocycles. The first-order chi connectivity index (χ1) is 14.0. The van der Waals surface area contributed by atoms with E-state index in [0.717, 1.165) is 18.4 Å². The molecule has 29 heavy (non-hydrogen) atoms. The summed E-state index contributed by atoms with van der Waals surface area (Å²) in [6, 6.07) is 8.45. The molecule has 2 saturated heterocycles. The summed E-state index contributed by atoms with van der Waals surface area (Å²) in [7, 11) is -3.67. The highest BCUT2D eigenvalue weighted by Crippen LogP contribution is 2.45. The first kappa shape index (κ1) is 18.4. The van der Waals surface area contributed by atoms with Gasteiger partial charge in [0.1, 0.15) is 5.82 Å². The van der Waals surface area contributed by atoms with E-state index < -0.39 is 15.8 Å². The summed E-state index contributed by atoms with van der Waals surface area (Å²) in [6.45, 7) is 0. The van der Waals surface area contributed by atoms with E-state index in [1.807, 2.05) is 12.1 Å². The van der Waals surface area contributed by atoms with Crippen LogP contribution in [0, 0.1) is 5.82 Å². The molecule has 2 fully saturated rings. The summed E-state index contributed by atoms with van der Waals surface area (Å²) in [5, 5.41) is 4.06. The lowest BCUT2D eigenvalue weighted by atomic mass is 9.92. The van der Waals surface area contributed by atoms with E-state index in [4.69, 9.17) is 4.52 Å². The monoisotopic (exact) mass is 414 g/mol. The second kappa shape index (κ2) is 7.00. The Kier molecular flexibility index (Phi) is 4.44. The Labute approximate surface area is 167 Å². The summed E-state index contributed by atoms with van der Waals surface area (Å²) in [5.41, 5.74) is 0.779. The van der Waals surface area contributed by atoms with Gasteiger partial charge in [0, 0.05) is 36.0 Å². The molecule has 3 atom stereocenters. The number of piperidine rings is 1. The van der Waals surface area contributed by atoms with Gasteiger partial charge in [0.25, 0.3) is 0 Å². The average molecular weight is 414 g/mol. The number of sulfonamides is 1. The molecule has 1 aromatic carbocycles. The molecule has 0 saturated carbocycles. The summed E-state index contributed by atoms with van der Waals surface area (Å²) in [4.78, 5) is 8.73. The molecule has 4 heterocycles. The van der Waals surface area contributed by atoms with Gasteiger partial charge in [-0.3, -0.25) is 4.98 Å². The fraction of sp³-hybridized carbons (Fsp3) is 0.350. The third-order valence-corrected chi connectivity index (χ3v) is 7.79. The van der Waals surface area contributed by atoms with Crippen LogP contribution in [0.1, 0.15) is 37.5 Å². The third kappa shape index (κ3) is 3.24. The maximum Gasteiger partial charge on any atom is 0.243 e. The van der Waals surface area contributed by atoms with Gasteiger partial charge in [-0.05, 0) is 62.1 Å². The number of aromatic nitrogens is 3. The van der Waals surface area contributed by atoms with Gasteiger partial charge in [-0.25, -0.2) is 12.8 Å². The molecule has 1 unspecified atom stereocenters. The van der Waals surface area contributed by atoms with Crippen molar-refractivity contribution in [2.45, 2.75) is 48.6 Å². The first-order valence-electron chi connectivity index (χ1n) is 9.55. The molecule has 9 heteroatoms. The molecular formula is C20H19FN4O3S. The van der Waals surface area contributed by atoms with Gasteiger partial charge in [0.2, 0.25) is 21.7 Å². The van der Waals surface area contributed by atoms with Crippen molar-refractivity contribution < 1.29 is 17.3 Å². The Balaban J connectivity index is 1.38. The van der Waals surface area contributed by atoms with Crippen molar-refractivity contribution in [3.63, 3.8) is 0 Å². The van der Waals surface area contributed by atoms with Crippen LogP contribution in [0.3, 0.4) is 0 Å². The number of nitrogens with zero attached hydrogens (tertiary/aromatic N) is 4. The lowest BCUT2D eigenvalue weighted by molar-refractivity contribution is 0.202. The Bertz CT molecular complexity index is 1100. The molecule has 5 rings (SSSR count). The van der Waals surface area contributed by atoms with E-state index in [-0.39, 0.29) is 22.9 Å². The molecule has 2 aliphatic heterocycles. The topological polar surface area (TPSA) is 89.2 Å². The third-order valence-electron chi connectivity index (χ3n) is 5.77. The second-order valence-corrected chi connectivity index (χ2v) is 9.38. The Morgan fingerprint density at radius 2 is 1.79 bits per heavy atom. The van der Waals surface area contributed by atoms with E-state index in [2.05, 4.69) is 15.1 Å². The molecule has 2 aromatic heterocycles. The van der Waals surface area contributed by atoms with Crippen LogP contribution in [0.4, 0.5) is 4.39 Å². The minimum atomic E-state index is -3.67. The largest absolute Gasteiger partial charge is 0.339 e. The van der Waals surface area contributed by atoms with Gasteiger partial charge in [-0.2, -0.15) is 9.29 Å². The number of benzene rings is 1. The van der Waals surface area contributed by atoms with Crippen molar-refractivity contribution in [2.75, 3.05) is 0 Å². The summed E-state index contributed by atoms with van der Waals surface area (Å²) in [5.74, 6) is 0.595. The fourth-order valence-corrected chi connectivity index (χ4v) is 6.36. The molecule has 0 N–H and O–H groups in total. The Morgan fingerprint density at radius 1 is 1.07 bits per heavy atom.